The topological polar surface area (TPSA) is 20.3 Å². The Bertz CT molecular complexity index is 212. The molecule has 68 valence electrons. The molecule has 2 atom stereocenters. The Morgan fingerprint density at radius 2 is 1.83 bits per heavy atom. The van der Waals surface area contributed by atoms with Gasteiger partial charge in [-0.2, -0.15) is 0 Å². The third kappa shape index (κ3) is 0.970. The summed E-state index contributed by atoms with van der Waals surface area (Å²) in [5, 5.41) is 0. The summed E-state index contributed by atoms with van der Waals surface area (Å²) in [5.74, 6) is 0.397. The van der Waals surface area contributed by atoms with Gasteiger partial charge in [-0.1, -0.05) is 6.92 Å². The molecular formula is C10H17NO. The van der Waals surface area contributed by atoms with Gasteiger partial charge >= 0.3 is 0 Å². The Labute approximate surface area is 73.9 Å². The van der Waals surface area contributed by atoms with E-state index in [1.165, 1.54) is 6.42 Å². The number of rotatable bonds is 1. The second-order valence-corrected chi connectivity index (χ2v) is 4.71. The van der Waals surface area contributed by atoms with Crippen molar-refractivity contribution in [1.82, 2.24) is 4.90 Å². The van der Waals surface area contributed by atoms with E-state index in [4.69, 9.17) is 0 Å². The molecule has 1 aliphatic carbocycles. The van der Waals surface area contributed by atoms with Crippen molar-refractivity contribution in [2.24, 2.45) is 5.41 Å². The van der Waals surface area contributed by atoms with E-state index in [1.807, 2.05) is 0 Å². The lowest BCUT2D eigenvalue weighted by Crippen LogP contribution is -2.57. The van der Waals surface area contributed by atoms with Crippen LogP contribution in [0.15, 0.2) is 0 Å². The summed E-state index contributed by atoms with van der Waals surface area (Å²) in [6.07, 6.45) is 3.38. The number of carbonyl (C=O) groups excluding carboxylic acids is 1. The zero-order chi connectivity index (χ0) is 8.93. The standard InChI is InChI=1S/C10H17NO/c1-7-6-8(2)11(7)9(12)10(3)4-5-10/h7-8H,4-6H2,1-3H3. The Morgan fingerprint density at radius 3 is 2.17 bits per heavy atom. The highest BCUT2D eigenvalue weighted by Crippen LogP contribution is 2.48. The number of hydrogen-bond acceptors (Lipinski definition) is 1. The van der Waals surface area contributed by atoms with E-state index in [9.17, 15) is 4.79 Å². The van der Waals surface area contributed by atoms with Crippen LogP contribution in [-0.2, 0) is 4.79 Å². The van der Waals surface area contributed by atoms with Crippen molar-refractivity contribution in [1.29, 1.82) is 0 Å². The predicted octanol–water partition coefficient (Wildman–Crippen LogP) is 1.80. The molecule has 0 radical (unpaired) electrons. The molecule has 12 heavy (non-hydrogen) atoms. The number of carbonyl (C=O) groups is 1. The van der Waals surface area contributed by atoms with Crippen LogP contribution >= 0.6 is 0 Å². The van der Waals surface area contributed by atoms with Gasteiger partial charge < -0.3 is 4.90 Å². The molecule has 0 bridgehead atoms. The SMILES string of the molecule is CC1CC(C)N1C(=O)C1(C)CC1. The molecule has 0 aromatic rings. The van der Waals surface area contributed by atoms with Crippen molar-refractivity contribution in [3.05, 3.63) is 0 Å². The first-order valence-corrected chi connectivity index (χ1v) is 4.87. The normalized spacial score (nSPS) is 37.4. The average molecular weight is 167 g/mol. The first-order valence-electron chi connectivity index (χ1n) is 4.87. The molecule has 1 heterocycles. The third-order valence-electron chi connectivity index (χ3n) is 3.38. The van der Waals surface area contributed by atoms with E-state index in [2.05, 4.69) is 25.7 Å². The minimum atomic E-state index is 0.0307. The fraction of sp³-hybridized carbons (Fsp3) is 0.900. The van der Waals surface area contributed by atoms with Crippen LogP contribution in [0.2, 0.25) is 0 Å². The maximum atomic E-state index is 11.9. The molecule has 0 aromatic heterocycles. The van der Waals surface area contributed by atoms with Gasteiger partial charge in [0.05, 0.1) is 0 Å². The predicted molar refractivity (Wildman–Crippen MR) is 47.7 cm³/mol. The van der Waals surface area contributed by atoms with Crippen LogP contribution in [0, 0.1) is 5.41 Å². The van der Waals surface area contributed by atoms with E-state index in [1.54, 1.807) is 0 Å². The second-order valence-electron chi connectivity index (χ2n) is 4.71. The van der Waals surface area contributed by atoms with Crippen molar-refractivity contribution in [3.8, 4) is 0 Å². The summed E-state index contributed by atoms with van der Waals surface area (Å²) in [5.41, 5.74) is 0.0307. The number of likely N-dealkylation sites (tertiary alicyclic amines) is 1. The summed E-state index contributed by atoms with van der Waals surface area (Å²) in [4.78, 5) is 13.9. The molecular weight excluding hydrogens is 150 g/mol. The molecule has 2 heteroatoms. The quantitative estimate of drug-likeness (QED) is 0.583. The van der Waals surface area contributed by atoms with Crippen LogP contribution in [0.1, 0.15) is 40.0 Å². The van der Waals surface area contributed by atoms with Crippen LogP contribution in [0.25, 0.3) is 0 Å². The Morgan fingerprint density at radius 1 is 1.33 bits per heavy atom. The highest BCUT2D eigenvalue weighted by molar-refractivity contribution is 5.86. The first-order chi connectivity index (χ1) is 5.54. The summed E-state index contributed by atoms with van der Waals surface area (Å²) in [6, 6.07) is 0.981. The molecule has 2 fully saturated rings. The van der Waals surface area contributed by atoms with Gasteiger partial charge in [-0.25, -0.2) is 0 Å². The van der Waals surface area contributed by atoms with E-state index >= 15 is 0 Å². The van der Waals surface area contributed by atoms with Crippen molar-refractivity contribution < 1.29 is 4.79 Å². The molecule has 1 saturated carbocycles. The Kier molecular flexibility index (Phi) is 1.51. The van der Waals surface area contributed by atoms with Gasteiger partial charge in [-0.05, 0) is 33.1 Å². The number of hydrogen-bond donors (Lipinski definition) is 0. The lowest BCUT2D eigenvalue weighted by Gasteiger charge is -2.46. The zero-order valence-corrected chi connectivity index (χ0v) is 8.13. The van der Waals surface area contributed by atoms with Crippen molar-refractivity contribution >= 4 is 5.91 Å². The van der Waals surface area contributed by atoms with Gasteiger partial charge in [-0.3, -0.25) is 4.79 Å². The van der Waals surface area contributed by atoms with Crippen molar-refractivity contribution in [3.63, 3.8) is 0 Å². The fourth-order valence-electron chi connectivity index (χ4n) is 2.13. The number of amides is 1. The molecule has 0 N–H and O–H groups in total. The molecule has 0 spiro atoms. The Balaban J connectivity index is 2.04. The van der Waals surface area contributed by atoms with Crippen LogP contribution in [-0.4, -0.2) is 22.9 Å². The molecule has 0 aromatic carbocycles. The van der Waals surface area contributed by atoms with E-state index in [0.717, 1.165) is 12.8 Å². The van der Waals surface area contributed by atoms with Gasteiger partial charge in [0.25, 0.3) is 0 Å². The lowest BCUT2D eigenvalue weighted by atomic mass is 9.92. The van der Waals surface area contributed by atoms with Gasteiger partial charge in [0.1, 0.15) is 0 Å². The van der Waals surface area contributed by atoms with Crippen LogP contribution in [0.3, 0.4) is 0 Å². The van der Waals surface area contributed by atoms with E-state index in [-0.39, 0.29) is 5.41 Å². The molecule has 1 amide bonds. The van der Waals surface area contributed by atoms with Gasteiger partial charge in [0, 0.05) is 17.5 Å². The van der Waals surface area contributed by atoms with E-state index < -0.39 is 0 Å². The maximum absolute atomic E-state index is 11.9. The van der Waals surface area contributed by atoms with Crippen molar-refractivity contribution in [2.75, 3.05) is 0 Å². The third-order valence-corrected chi connectivity index (χ3v) is 3.38. The summed E-state index contributed by atoms with van der Waals surface area (Å²) >= 11 is 0. The van der Waals surface area contributed by atoms with Gasteiger partial charge in [0.2, 0.25) is 5.91 Å². The Hall–Kier alpha value is -0.530. The lowest BCUT2D eigenvalue weighted by molar-refractivity contribution is -0.148. The molecule has 2 aliphatic rings. The zero-order valence-electron chi connectivity index (χ0n) is 8.13. The van der Waals surface area contributed by atoms with Gasteiger partial charge in [0.15, 0.2) is 0 Å². The molecule has 2 nitrogen and oxygen atoms in total. The highest BCUT2D eigenvalue weighted by Gasteiger charge is 2.51. The van der Waals surface area contributed by atoms with Crippen LogP contribution in [0.5, 0.6) is 0 Å². The highest BCUT2D eigenvalue weighted by atomic mass is 16.2. The molecule has 1 saturated heterocycles. The second kappa shape index (κ2) is 2.24. The average Bonchev–Trinajstić information content (AvgIpc) is 2.69. The monoisotopic (exact) mass is 167 g/mol. The minimum Gasteiger partial charge on any atom is -0.337 e. The largest absolute Gasteiger partial charge is 0.337 e. The molecule has 1 aliphatic heterocycles. The van der Waals surface area contributed by atoms with Gasteiger partial charge in [-0.15, -0.1) is 0 Å². The van der Waals surface area contributed by atoms with Crippen LogP contribution in [0.4, 0.5) is 0 Å². The minimum absolute atomic E-state index is 0.0307. The number of nitrogens with zero attached hydrogens (tertiary/aromatic N) is 1. The summed E-state index contributed by atoms with van der Waals surface area (Å²) in [6.45, 7) is 6.38. The summed E-state index contributed by atoms with van der Waals surface area (Å²) < 4.78 is 0. The smallest absolute Gasteiger partial charge is 0.228 e. The van der Waals surface area contributed by atoms with Crippen molar-refractivity contribution in [2.45, 2.75) is 52.1 Å². The molecule has 2 unspecified atom stereocenters. The fourth-order valence-corrected chi connectivity index (χ4v) is 2.13. The first kappa shape index (κ1) is 8.09. The van der Waals surface area contributed by atoms with Crippen LogP contribution < -0.4 is 0 Å². The van der Waals surface area contributed by atoms with E-state index in [0.29, 0.717) is 18.0 Å². The maximum Gasteiger partial charge on any atom is 0.228 e. The molecule has 2 rings (SSSR count). The summed E-state index contributed by atoms with van der Waals surface area (Å²) in [7, 11) is 0.